The summed E-state index contributed by atoms with van der Waals surface area (Å²) in [6.45, 7) is 0. The highest BCUT2D eigenvalue weighted by Crippen LogP contribution is 2.31. The SMILES string of the molecule is O=C(O)C1CC(Cl)=NN1c1ccccc1Cl. The van der Waals surface area contributed by atoms with Crippen LogP contribution in [0.25, 0.3) is 0 Å². The van der Waals surface area contributed by atoms with Crippen molar-refractivity contribution < 1.29 is 9.90 Å². The molecular formula is C10H8Cl2N2O2. The lowest BCUT2D eigenvalue weighted by Crippen LogP contribution is -2.34. The number of anilines is 1. The van der Waals surface area contributed by atoms with Crippen LogP contribution in [0.15, 0.2) is 29.4 Å². The second-order valence-electron chi connectivity index (χ2n) is 3.33. The van der Waals surface area contributed by atoms with Gasteiger partial charge in [0.15, 0.2) is 6.04 Å². The molecule has 1 heterocycles. The second-order valence-corrected chi connectivity index (χ2v) is 4.17. The monoisotopic (exact) mass is 258 g/mol. The molecule has 0 aromatic heterocycles. The molecule has 1 aromatic rings. The molecule has 6 heteroatoms. The Morgan fingerprint density at radius 1 is 1.44 bits per heavy atom. The van der Waals surface area contributed by atoms with Gasteiger partial charge in [-0.3, -0.25) is 0 Å². The van der Waals surface area contributed by atoms with E-state index in [9.17, 15) is 4.79 Å². The number of benzene rings is 1. The summed E-state index contributed by atoms with van der Waals surface area (Å²) < 4.78 is 0. The number of carbonyl (C=O) groups is 1. The largest absolute Gasteiger partial charge is 0.480 e. The fraction of sp³-hybridized carbons (Fsp3) is 0.200. The summed E-state index contributed by atoms with van der Waals surface area (Å²) in [5, 5.41) is 15.1. The van der Waals surface area contributed by atoms with E-state index < -0.39 is 12.0 Å². The van der Waals surface area contributed by atoms with Gasteiger partial charge in [-0.1, -0.05) is 35.3 Å². The quantitative estimate of drug-likeness (QED) is 0.887. The van der Waals surface area contributed by atoms with Crippen molar-refractivity contribution in [1.29, 1.82) is 0 Å². The molecule has 0 bridgehead atoms. The first-order valence-corrected chi connectivity index (χ1v) is 5.34. The number of carboxylic acids is 1. The third kappa shape index (κ3) is 1.99. The molecule has 0 saturated heterocycles. The summed E-state index contributed by atoms with van der Waals surface area (Å²) in [6.07, 6.45) is 0.197. The number of aliphatic carboxylic acids is 1. The van der Waals surface area contributed by atoms with Crippen LogP contribution in [0.5, 0.6) is 0 Å². The normalized spacial score (nSPS) is 19.8. The molecule has 1 aliphatic heterocycles. The Bertz CT molecular complexity index is 462. The van der Waals surface area contributed by atoms with Crippen LogP contribution in [0.4, 0.5) is 5.69 Å². The summed E-state index contributed by atoms with van der Waals surface area (Å²) in [5.74, 6) is -0.973. The highest BCUT2D eigenvalue weighted by Gasteiger charge is 2.33. The van der Waals surface area contributed by atoms with E-state index in [2.05, 4.69) is 5.10 Å². The number of halogens is 2. The third-order valence-corrected chi connectivity index (χ3v) is 2.81. The van der Waals surface area contributed by atoms with Crippen LogP contribution in [-0.4, -0.2) is 22.3 Å². The van der Waals surface area contributed by atoms with E-state index in [-0.39, 0.29) is 11.6 Å². The van der Waals surface area contributed by atoms with Crippen LogP contribution in [0.3, 0.4) is 0 Å². The fourth-order valence-corrected chi connectivity index (χ4v) is 1.97. The number of rotatable bonds is 2. The average molecular weight is 259 g/mol. The van der Waals surface area contributed by atoms with Gasteiger partial charge >= 0.3 is 5.97 Å². The van der Waals surface area contributed by atoms with Gasteiger partial charge in [-0.05, 0) is 12.1 Å². The van der Waals surface area contributed by atoms with E-state index in [1.54, 1.807) is 24.3 Å². The van der Waals surface area contributed by atoms with E-state index in [1.807, 2.05) is 0 Å². The van der Waals surface area contributed by atoms with Crippen molar-refractivity contribution in [2.24, 2.45) is 5.10 Å². The molecule has 1 aromatic carbocycles. The van der Waals surface area contributed by atoms with Gasteiger partial charge in [0, 0.05) is 6.42 Å². The van der Waals surface area contributed by atoms with Crippen molar-refractivity contribution in [3.05, 3.63) is 29.3 Å². The van der Waals surface area contributed by atoms with Crippen LogP contribution in [-0.2, 0) is 4.79 Å². The second kappa shape index (κ2) is 4.31. The van der Waals surface area contributed by atoms with Crippen molar-refractivity contribution in [3.63, 3.8) is 0 Å². The van der Waals surface area contributed by atoms with Gasteiger partial charge in [0.25, 0.3) is 0 Å². The molecule has 0 fully saturated rings. The lowest BCUT2D eigenvalue weighted by Gasteiger charge is -2.20. The zero-order valence-electron chi connectivity index (χ0n) is 8.10. The topological polar surface area (TPSA) is 52.9 Å². The molecule has 1 unspecified atom stereocenters. The minimum atomic E-state index is -0.973. The molecule has 0 aliphatic carbocycles. The Labute approximate surface area is 102 Å². The molecule has 1 N–H and O–H groups in total. The molecule has 84 valence electrons. The Balaban J connectivity index is 2.39. The molecule has 0 saturated carbocycles. The van der Waals surface area contributed by atoms with Crippen LogP contribution >= 0.6 is 23.2 Å². The third-order valence-electron chi connectivity index (χ3n) is 2.26. The molecule has 0 spiro atoms. The Morgan fingerprint density at radius 3 is 2.75 bits per heavy atom. The van der Waals surface area contributed by atoms with Gasteiger partial charge in [0.1, 0.15) is 5.17 Å². The summed E-state index contributed by atoms with van der Waals surface area (Å²) >= 11 is 11.7. The molecule has 1 aliphatic rings. The number of hydrazone groups is 1. The summed E-state index contributed by atoms with van der Waals surface area (Å²) in [6, 6.07) is 6.13. The van der Waals surface area contributed by atoms with E-state index in [4.69, 9.17) is 28.3 Å². The molecule has 2 rings (SSSR count). The van der Waals surface area contributed by atoms with Crippen LogP contribution in [0.1, 0.15) is 6.42 Å². The molecular weight excluding hydrogens is 251 g/mol. The first-order chi connectivity index (χ1) is 7.59. The molecule has 1 atom stereocenters. The number of para-hydroxylation sites is 1. The summed E-state index contributed by atoms with van der Waals surface area (Å²) in [7, 11) is 0. The van der Waals surface area contributed by atoms with Gasteiger partial charge < -0.3 is 5.11 Å². The maximum atomic E-state index is 11.0. The highest BCUT2D eigenvalue weighted by atomic mass is 35.5. The van der Waals surface area contributed by atoms with Crippen molar-refractivity contribution in [2.75, 3.05) is 5.01 Å². The number of nitrogens with zero attached hydrogens (tertiary/aromatic N) is 2. The van der Waals surface area contributed by atoms with Crippen molar-refractivity contribution in [3.8, 4) is 0 Å². The average Bonchev–Trinajstić information content (AvgIpc) is 2.61. The molecule has 4 nitrogen and oxygen atoms in total. The summed E-state index contributed by atoms with van der Waals surface area (Å²) in [5.41, 5.74) is 0.548. The van der Waals surface area contributed by atoms with Crippen LogP contribution in [0, 0.1) is 0 Å². The van der Waals surface area contributed by atoms with Crippen molar-refractivity contribution >= 4 is 40.0 Å². The predicted molar refractivity (Wildman–Crippen MR) is 63.3 cm³/mol. The van der Waals surface area contributed by atoms with E-state index in [0.29, 0.717) is 10.7 Å². The van der Waals surface area contributed by atoms with Crippen molar-refractivity contribution in [2.45, 2.75) is 12.5 Å². The first-order valence-electron chi connectivity index (χ1n) is 4.59. The standard InChI is InChI=1S/C10H8Cl2N2O2/c11-6-3-1-2-4-7(6)14-8(10(15)16)5-9(12)13-14/h1-4,8H,5H2,(H,15,16). The van der Waals surface area contributed by atoms with Crippen LogP contribution < -0.4 is 5.01 Å². The Morgan fingerprint density at radius 2 is 2.12 bits per heavy atom. The number of hydrogen-bond acceptors (Lipinski definition) is 3. The first kappa shape index (κ1) is 11.2. The van der Waals surface area contributed by atoms with Gasteiger partial charge in [0.05, 0.1) is 10.7 Å². The highest BCUT2D eigenvalue weighted by molar-refractivity contribution is 6.66. The van der Waals surface area contributed by atoms with E-state index in [0.717, 1.165) is 0 Å². The molecule has 16 heavy (non-hydrogen) atoms. The lowest BCUT2D eigenvalue weighted by molar-refractivity contribution is -0.138. The zero-order chi connectivity index (χ0) is 11.7. The number of hydrogen-bond donors (Lipinski definition) is 1. The minimum Gasteiger partial charge on any atom is -0.480 e. The van der Waals surface area contributed by atoms with Gasteiger partial charge in [-0.2, -0.15) is 5.10 Å². The Hall–Kier alpha value is -1.26. The lowest BCUT2D eigenvalue weighted by atomic mass is 10.2. The minimum absolute atomic E-state index is 0.197. The zero-order valence-corrected chi connectivity index (χ0v) is 9.61. The van der Waals surface area contributed by atoms with E-state index >= 15 is 0 Å². The fourth-order valence-electron chi connectivity index (χ4n) is 1.52. The molecule has 0 amide bonds. The van der Waals surface area contributed by atoms with Gasteiger partial charge in [-0.15, -0.1) is 0 Å². The van der Waals surface area contributed by atoms with Gasteiger partial charge in [0.2, 0.25) is 0 Å². The van der Waals surface area contributed by atoms with Crippen LogP contribution in [0.2, 0.25) is 5.02 Å². The van der Waals surface area contributed by atoms with Gasteiger partial charge in [-0.25, -0.2) is 9.80 Å². The maximum Gasteiger partial charge on any atom is 0.328 e. The Kier molecular flexibility index (Phi) is 3.03. The maximum absolute atomic E-state index is 11.0. The smallest absolute Gasteiger partial charge is 0.328 e. The van der Waals surface area contributed by atoms with Crippen molar-refractivity contribution in [1.82, 2.24) is 0 Å². The van der Waals surface area contributed by atoms with E-state index in [1.165, 1.54) is 5.01 Å². The number of carboxylic acid groups (broad SMARTS) is 1. The predicted octanol–water partition coefficient (Wildman–Crippen LogP) is 2.56. The molecule has 0 radical (unpaired) electrons. The summed E-state index contributed by atoms with van der Waals surface area (Å²) in [4.78, 5) is 11.0.